The third-order valence-corrected chi connectivity index (χ3v) is 4.72. The Hall–Kier alpha value is -1.06. The summed E-state index contributed by atoms with van der Waals surface area (Å²) in [4.78, 5) is 14.5. The topological polar surface area (TPSA) is 46.3 Å². The molecule has 0 aromatic heterocycles. The second kappa shape index (κ2) is 7.81. The summed E-state index contributed by atoms with van der Waals surface area (Å²) in [5.41, 5.74) is 7.22. The van der Waals surface area contributed by atoms with Gasteiger partial charge in [0.15, 0.2) is 0 Å². The van der Waals surface area contributed by atoms with Crippen molar-refractivity contribution in [2.75, 3.05) is 6.54 Å². The fourth-order valence-electron chi connectivity index (χ4n) is 2.99. The van der Waals surface area contributed by atoms with Crippen molar-refractivity contribution in [1.82, 2.24) is 4.90 Å². The lowest BCUT2D eigenvalue weighted by atomic mass is 9.93. The van der Waals surface area contributed by atoms with Crippen LogP contribution in [0, 0.1) is 11.8 Å². The van der Waals surface area contributed by atoms with Gasteiger partial charge in [-0.2, -0.15) is 0 Å². The number of likely N-dealkylation sites (tertiary alicyclic amines) is 1. The van der Waals surface area contributed by atoms with Gasteiger partial charge in [0.1, 0.15) is 0 Å². The Bertz CT molecular complexity index is 449. The van der Waals surface area contributed by atoms with E-state index in [4.69, 9.17) is 5.73 Å². The third kappa shape index (κ3) is 4.21. The molecule has 1 saturated heterocycles. The van der Waals surface area contributed by atoms with Gasteiger partial charge in [0.05, 0.1) is 5.92 Å². The normalized spacial score (nSPS) is 24.3. The minimum Gasteiger partial charge on any atom is -0.339 e. The molecule has 0 spiro atoms. The van der Waals surface area contributed by atoms with Crippen LogP contribution in [0.1, 0.15) is 32.8 Å². The van der Waals surface area contributed by atoms with Crippen molar-refractivity contribution < 1.29 is 4.79 Å². The van der Waals surface area contributed by atoms with Crippen LogP contribution in [0.4, 0.5) is 0 Å². The molecule has 1 aliphatic rings. The number of halogens is 1. The lowest BCUT2D eigenvalue weighted by Crippen LogP contribution is -2.44. The van der Waals surface area contributed by atoms with E-state index in [1.165, 1.54) is 5.56 Å². The van der Waals surface area contributed by atoms with Crippen LogP contribution in [0.3, 0.4) is 0 Å². The first-order chi connectivity index (χ1) is 9.50. The summed E-state index contributed by atoms with van der Waals surface area (Å²) in [5, 5.41) is 0. The standard InChI is InChI=1S/C17H26N2O.ClH/c1-12(13(2)18)17(20)19-10-9-16(14(19)3)11-15-7-5-4-6-8-15;/h4-8,12-14,16H,9-11,18H2,1-3H3;1H. The van der Waals surface area contributed by atoms with Crippen LogP contribution in [0.2, 0.25) is 0 Å². The van der Waals surface area contributed by atoms with E-state index in [2.05, 4.69) is 31.2 Å². The van der Waals surface area contributed by atoms with Gasteiger partial charge in [-0.15, -0.1) is 12.4 Å². The van der Waals surface area contributed by atoms with Gasteiger partial charge in [0.2, 0.25) is 5.91 Å². The summed E-state index contributed by atoms with van der Waals surface area (Å²) < 4.78 is 0. The molecule has 0 saturated carbocycles. The van der Waals surface area contributed by atoms with Gasteiger partial charge >= 0.3 is 0 Å². The Morgan fingerprint density at radius 1 is 1.33 bits per heavy atom. The maximum atomic E-state index is 12.4. The first-order valence-electron chi connectivity index (χ1n) is 7.60. The third-order valence-electron chi connectivity index (χ3n) is 4.72. The summed E-state index contributed by atoms with van der Waals surface area (Å²) in [7, 11) is 0. The number of benzene rings is 1. The van der Waals surface area contributed by atoms with Crippen molar-refractivity contribution in [1.29, 1.82) is 0 Å². The second-order valence-corrected chi connectivity index (χ2v) is 6.16. The molecule has 1 amide bonds. The van der Waals surface area contributed by atoms with Crippen molar-refractivity contribution in [2.45, 2.75) is 45.7 Å². The highest BCUT2D eigenvalue weighted by Crippen LogP contribution is 2.29. The largest absolute Gasteiger partial charge is 0.339 e. The van der Waals surface area contributed by atoms with E-state index < -0.39 is 0 Å². The predicted octanol–water partition coefficient (Wildman–Crippen LogP) is 2.87. The molecule has 4 atom stereocenters. The number of hydrogen-bond donors (Lipinski definition) is 1. The van der Waals surface area contributed by atoms with Crippen LogP contribution in [-0.2, 0) is 11.2 Å². The van der Waals surface area contributed by atoms with Crippen molar-refractivity contribution in [2.24, 2.45) is 17.6 Å². The van der Waals surface area contributed by atoms with Gasteiger partial charge < -0.3 is 10.6 Å². The minimum absolute atomic E-state index is 0. The second-order valence-electron chi connectivity index (χ2n) is 6.16. The molecule has 0 bridgehead atoms. The zero-order valence-electron chi connectivity index (χ0n) is 13.2. The van der Waals surface area contributed by atoms with Crippen molar-refractivity contribution >= 4 is 18.3 Å². The Balaban J connectivity index is 0.00000220. The number of carbonyl (C=O) groups is 1. The molecule has 0 aliphatic carbocycles. The van der Waals surface area contributed by atoms with Crippen molar-refractivity contribution in [3.8, 4) is 0 Å². The van der Waals surface area contributed by atoms with Crippen LogP contribution in [0.15, 0.2) is 30.3 Å². The average Bonchev–Trinajstić information content (AvgIpc) is 2.80. The number of amides is 1. The monoisotopic (exact) mass is 310 g/mol. The van der Waals surface area contributed by atoms with E-state index in [0.717, 1.165) is 19.4 Å². The van der Waals surface area contributed by atoms with Gasteiger partial charge in [-0.05, 0) is 38.2 Å². The maximum Gasteiger partial charge on any atom is 0.227 e. The zero-order valence-corrected chi connectivity index (χ0v) is 14.0. The van der Waals surface area contributed by atoms with E-state index in [9.17, 15) is 4.79 Å². The molecular weight excluding hydrogens is 284 g/mol. The Kier molecular flexibility index (Phi) is 6.69. The molecular formula is C17H27ClN2O. The number of rotatable bonds is 4. The van der Waals surface area contributed by atoms with Crippen LogP contribution in [0.25, 0.3) is 0 Å². The Labute approximate surface area is 134 Å². The van der Waals surface area contributed by atoms with Gasteiger partial charge in [0.25, 0.3) is 0 Å². The molecule has 3 nitrogen and oxygen atoms in total. The van der Waals surface area contributed by atoms with Crippen LogP contribution in [0.5, 0.6) is 0 Å². The van der Waals surface area contributed by atoms with Gasteiger partial charge in [-0.3, -0.25) is 4.79 Å². The fraction of sp³-hybridized carbons (Fsp3) is 0.588. The lowest BCUT2D eigenvalue weighted by Gasteiger charge is -2.28. The number of nitrogens with two attached hydrogens (primary N) is 1. The highest BCUT2D eigenvalue weighted by molar-refractivity contribution is 5.85. The van der Waals surface area contributed by atoms with E-state index in [1.807, 2.05) is 24.8 Å². The maximum absolute atomic E-state index is 12.4. The number of hydrogen-bond acceptors (Lipinski definition) is 2. The molecule has 1 aliphatic heterocycles. The first-order valence-corrected chi connectivity index (χ1v) is 7.60. The van der Waals surface area contributed by atoms with E-state index in [-0.39, 0.29) is 30.3 Å². The van der Waals surface area contributed by atoms with Crippen LogP contribution >= 0.6 is 12.4 Å². The molecule has 0 radical (unpaired) electrons. The molecule has 1 aromatic rings. The summed E-state index contributed by atoms with van der Waals surface area (Å²) in [6, 6.07) is 10.8. The number of nitrogens with zero attached hydrogens (tertiary/aromatic N) is 1. The number of carbonyl (C=O) groups excluding carboxylic acids is 1. The molecule has 2 rings (SSSR count). The summed E-state index contributed by atoms with van der Waals surface area (Å²) in [5.74, 6) is 0.678. The molecule has 118 valence electrons. The predicted molar refractivity (Wildman–Crippen MR) is 89.5 cm³/mol. The van der Waals surface area contributed by atoms with Crippen LogP contribution < -0.4 is 5.73 Å². The zero-order chi connectivity index (χ0) is 14.7. The van der Waals surface area contributed by atoms with E-state index in [1.54, 1.807) is 0 Å². The molecule has 21 heavy (non-hydrogen) atoms. The smallest absolute Gasteiger partial charge is 0.227 e. The fourth-order valence-corrected chi connectivity index (χ4v) is 2.99. The van der Waals surface area contributed by atoms with Crippen LogP contribution in [-0.4, -0.2) is 29.4 Å². The van der Waals surface area contributed by atoms with Crippen molar-refractivity contribution in [3.05, 3.63) is 35.9 Å². The first kappa shape index (κ1) is 18.0. The Morgan fingerprint density at radius 2 is 1.95 bits per heavy atom. The summed E-state index contributed by atoms with van der Waals surface area (Å²) >= 11 is 0. The molecule has 4 unspecified atom stereocenters. The summed E-state index contributed by atoms with van der Waals surface area (Å²) in [6.07, 6.45) is 2.14. The van der Waals surface area contributed by atoms with Crippen molar-refractivity contribution in [3.63, 3.8) is 0 Å². The molecule has 1 fully saturated rings. The lowest BCUT2D eigenvalue weighted by molar-refractivity contribution is -0.136. The average molecular weight is 311 g/mol. The highest BCUT2D eigenvalue weighted by Gasteiger charge is 2.36. The molecule has 2 N–H and O–H groups in total. The molecule has 1 aromatic carbocycles. The molecule has 1 heterocycles. The SMILES string of the molecule is CC(N)C(C)C(=O)N1CCC(Cc2ccccc2)C1C.Cl. The highest BCUT2D eigenvalue weighted by atomic mass is 35.5. The van der Waals surface area contributed by atoms with Gasteiger partial charge in [0, 0.05) is 18.6 Å². The summed E-state index contributed by atoms with van der Waals surface area (Å²) in [6.45, 7) is 6.88. The molecule has 4 heteroatoms. The van der Waals surface area contributed by atoms with E-state index >= 15 is 0 Å². The van der Waals surface area contributed by atoms with Gasteiger partial charge in [-0.25, -0.2) is 0 Å². The van der Waals surface area contributed by atoms with E-state index in [0.29, 0.717) is 12.0 Å². The Morgan fingerprint density at radius 3 is 2.52 bits per heavy atom. The quantitative estimate of drug-likeness (QED) is 0.929. The van der Waals surface area contributed by atoms with Gasteiger partial charge in [-0.1, -0.05) is 37.3 Å². The minimum atomic E-state index is -0.0899.